The Hall–Kier alpha value is -1.80. The van der Waals surface area contributed by atoms with E-state index in [1.807, 2.05) is 59.8 Å². The molecule has 0 amide bonds. The van der Waals surface area contributed by atoms with Crippen molar-refractivity contribution in [2.75, 3.05) is 0 Å². The number of rotatable bonds is 1. The quantitative estimate of drug-likeness (QED) is 0.682. The number of ketones is 1. The third-order valence-corrected chi connectivity index (χ3v) is 4.28. The smallest absolute Gasteiger partial charge is 0.186 e. The summed E-state index contributed by atoms with van der Waals surface area (Å²) in [5.74, 6) is 0.232. The number of allylic oxidation sites excluding steroid dienone is 5. The molecule has 0 saturated carbocycles. The highest BCUT2D eigenvalue weighted by molar-refractivity contribution is 6.30. The standard InChI is InChI=1S/C21H25ClO2/c1-20(2,3)16-10-13(11-17(19(16)24)21(4,5)6)9-14-7-8-15(22)12-18(14)23/h7-12,23H,1-6H3. The molecule has 0 saturated heterocycles. The van der Waals surface area contributed by atoms with Gasteiger partial charge in [-0.25, -0.2) is 0 Å². The summed E-state index contributed by atoms with van der Waals surface area (Å²) in [6.45, 7) is 12.2. The summed E-state index contributed by atoms with van der Waals surface area (Å²) in [4.78, 5) is 12.9. The third-order valence-electron chi connectivity index (χ3n) is 4.04. The van der Waals surface area contributed by atoms with Crippen molar-refractivity contribution in [1.82, 2.24) is 0 Å². The molecule has 0 atom stereocenters. The normalized spacial score (nSPS) is 16.0. The molecular formula is C21H25ClO2. The molecular weight excluding hydrogens is 320 g/mol. The molecule has 0 heterocycles. The van der Waals surface area contributed by atoms with Crippen LogP contribution >= 0.6 is 11.6 Å². The number of phenols is 1. The molecule has 2 rings (SSSR count). The van der Waals surface area contributed by atoms with Crippen LogP contribution in [0.1, 0.15) is 47.1 Å². The number of carbonyl (C=O) groups is 1. The van der Waals surface area contributed by atoms with Gasteiger partial charge in [0.2, 0.25) is 0 Å². The van der Waals surface area contributed by atoms with E-state index in [0.717, 1.165) is 16.7 Å². The van der Waals surface area contributed by atoms with Crippen LogP contribution in [0.15, 0.2) is 47.1 Å². The number of phenolic OH excluding ortho intramolecular Hbond substituents is 1. The van der Waals surface area contributed by atoms with Gasteiger partial charge in [0, 0.05) is 21.7 Å². The highest BCUT2D eigenvalue weighted by atomic mass is 35.5. The highest BCUT2D eigenvalue weighted by Gasteiger charge is 2.33. The number of halogens is 1. The van der Waals surface area contributed by atoms with Crippen LogP contribution in [0, 0.1) is 10.8 Å². The van der Waals surface area contributed by atoms with E-state index in [9.17, 15) is 9.90 Å². The Kier molecular flexibility index (Phi) is 4.83. The SMILES string of the molecule is CC(C)(C)C1=CC(=Cc2ccc(Cl)cc2O)C=C(C(C)(C)C)C1=O. The van der Waals surface area contributed by atoms with E-state index < -0.39 is 0 Å². The fourth-order valence-corrected chi connectivity index (χ4v) is 2.83. The molecule has 0 aromatic heterocycles. The fourth-order valence-electron chi connectivity index (χ4n) is 2.67. The lowest BCUT2D eigenvalue weighted by Crippen LogP contribution is -2.27. The molecule has 0 radical (unpaired) electrons. The Bertz CT molecular complexity index is 730. The Labute approximate surface area is 149 Å². The molecule has 0 unspecified atom stereocenters. The van der Waals surface area contributed by atoms with E-state index in [2.05, 4.69) is 0 Å². The van der Waals surface area contributed by atoms with Crippen LogP contribution in [0.2, 0.25) is 5.02 Å². The predicted octanol–water partition coefficient (Wildman–Crippen LogP) is 5.96. The predicted molar refractivity (Wildman–Crippen MR) is 101 cm³/mol. The summed E-state index contributed by atoms with van der Waals surface area (Å²) in [5, 5.41) is 10.6. The van der Waals surface area contributed by atoms with Gasteiger partial charge in [0.25, 0.3) is 0 Å². The van der Waals surface area contributed by atoms with Gasteiger partial charge in [-0.05, 0) is 52.8 Å². The first kappa shape index (κ1) is 18.5. The van der Waals surface area contributed by atoms with Crippen molar-refractivity contribution in [2.24, 2.45) is 10.8 Å². The van der Waals surface area contributed by atoms with Crippen LogP contribution in [-0.4, -0.2) is 10.9 Å². The molecule has 1 N–H and O–H groups in total. The van der Waals surface area contributed by atoms with E-state index >= 15 is 0 Å². The minimum Gasteiger partial charge on any atom is -0.507 e. The Morgan fingerprint density at radius 3 is 1.88 bits per heavy atom. The fraction of sp³-hybridized carbons (Fsp3) is 0.381. The van der Waals surface area contributed by atoms with Crippen molar-refractivity contribution >= 4 is 23.5 Å². The van der Waals surface area contributed by atoms with Crippen LogP contribution in [0.5, 0.6) is 5.75 Å². The zero-order valence-electron chi connectivity index (χ0n) is 15.2. The second-order valence-electron chi connectivity index (χ2n) is 8.29. The van der Waals surface area contributed by atoms with Crippen LogP contribution < -0.4 is 0 Å². The summed E-state index contributed by atoms with van der Waals surface area (Å²) in [6.07, 6.45) is 5.73. The number of hydrogen-bond acceptors (Lipinski definition) is 2. The second-order valence-corrected chi connectivity index (χ2v) is 8.73. The van der Waals surface area contributed by atoms with Gasteiger partial charge in [0.05, 0.1) is 0 Å². The second kappa shape index (κ2) is 6.25. The van der Waals surface area contributed by atoms with Gasteiger partial charge in [-0.15, -0.1) is 0 Å². The summed E-state index contributed by atoms with van der Waals surface area (Å²) in [6, 6.07) is 5.03. The maximum Gasteiger partial charge on any atom is 0.186 e. The zero-order chi connectivity index (χ0) is 18.3. The topological polar surface area (TPSA) is 37.3 Å². The zero-order valence-corrected chi connectivity index (χ0v) is 16.0. The number of hydrogen-bond donors (Lipinski definition) is 1. The van der Waals surface area contributed by atoms with Crippen molar-refractivity contribution in [3.8, 4) is 5.75 Å². The lowest BCUT2D eigenvalue weighted by Gasteiger charge is -2.31. The van der Waals surface area contributed by atoms with E-state index in [1.54, 1.807) is 12.1 Å². The molecule has 0 bridgehead atoms. The molecule has 1 aliphatic rings. The van der Waals surface area contributed by atoms with E-state index in [0.29, 0.717) is 10.6 Å². The van der Waals surface area contributed by atoms with Crippen LogP contribution in [0.4, 0.5) is 0 Å². The first-order valence-corrected chi connectivity index (χ1v) is 8.46. The summed E-state index contributed by atoms with van der Waals surface area (Å²) in [7, 11) is 0. The molecule has 0 fully saturated rings. The Morgan fingerprint density at radius 2 is 1.46 bits per heavy atom. The van der Waals surface area contributed by atoms with Crippen LogP contribution in [-0.2, 0) is 4.79 Å². The van der Waals surface area contributed by atoms with E-state index in [1.165, 1.54) is 6.07 Å². The van der Waals surface area contributed by atoms with Gasteiger partial charge in [0.15, 0.2) is 5.78 Å². The van der Waals surface area contributed by atoms with Gasteiger partial charge < -0.3 is 5.11 Å². The third kappa shape index (κ3) is 3.99. The Balaban J connectivity index is 2.61. The van der Waals surface area contributed by atoms with Gasteiger partial charge in [-0.3, -0.25) is 4.79 Å². The number of Topliss-reactive ketones (excluding diaryl/α,β-unsaturated/α-hetero) is 1. The highest BCUT2D eigenvalue weighted by Crippen LogP contribution is 2.39. The van der Waals surface area contributed by atoms with Crippen LogP contribution in [0.3, 0.4) is 0 Å². The average Bonchev–Trinajstić information content (AvgIpc) is 2.41. The molecule has 1 aromatic rings. The number of aromatic hydroxyl groups is 1. The van der Waals surface area contributed by atoms with E-state index in [-0.39, 0.29) is 22.4 Å². The van der Waals surface area contributed by atoms with Crippen molar-refractivity contribution in [3.05, 3.63) is 57.7 Å². The molecule has 0 spiro atoms. The summed E-state index contributed by atoms with van der Waals surface area (Å²) in [5.41, 5.74) is 2.66. The number of benzene rings is 1. The maximum absolute atomic E-state index is 12.9. The van der Waals surface area contributed by atoms with Gasteiger partial charge >= 0.3 is 0 Å². The maximum atomic E-state index is 12.9. The lowest BCUT2D eigenvalue weighted by molar-refractivity contribution is -0.114. The molecule has 1 aromatic carbocycles. The molecule has 128 valence electrons. The first-order valence-electron chi connectivity index (χ1n) is 8.09. The minimum atomic E-state index is -0.247. The largest absolute Gasteiger partial charge is 0.507 e. The van der Waals surface area contributed by atoms with Crippen molar-refractivity contribution < 1.29 is 9.90 Å². The monoisotopic (exact) mass is 344 g/mol. The first-order chi connectivity index (χ1) is 10.9. The summed E-state index contributed by atoms with van der Waals surface area (Å²) >= 11 is 5.90. The van der Waals surface area contributed by atoms with Crippen molar-refractivity contribution in [2.45, 2.75) is 41.5 Å². The lowest BCUT2D eigenvalue weighted by atomic mass is 9.72. The molecule has 24 heavy (non-hydrogen) atoms. The van der Waals surface area contributed by atoms with Gasteiger partial charge in [-0.2, -0.15) is 0 Å². The molecule has 0 aliphatic heterocycles. The van der Waals surface area contributed by atoms with Gasteiger partial charge in [-0.1, -0.05) is 53.1 Å². The molecule has 2 nitrogen and oxygen atoms in total. The van der Waals surface area contributed by atoms with Crippen molar-refractivity contribution in [3.63, 3.8) is 0 Å². The average molecular weight is 345 g/mol. The van der Waals surface area contributed by atoms with Gasteiger partial charge in [0.1, 0.15) is 5.75 Å². The van der Waals surface area contributed by atoms with E-state index in [4.69, 9.17) is 11.6 Å². The molecule has 1 aliphatic carbocycles. The Morgan fingerprint density at radius 1 is 0.958 bits per heavy atom. The van der Waals surface area contributed by atoms with Crippen LogP contribution in [0.25, 0.3) is 6.08 Å². The minimum absolute atomic E-state index is 0.104. The molecule has 3 heteroatoms. The number of carbonyl (C=O) groups excluding carboxylic acids is 1. The van der Waals surface area contributed by atoms with Crippen molar-refractivity contribution in [1.29, 1.82) is 0 Å². The summed E-state index contributed by atoms with van der Waals surface area (Å²) < 4.78 is 0.